The van der Waals surface area contributed by atoms with E-state index in [1.54, 1.807) is 24.3 Å². The molecule has 2 bridgehead atoms. The third kappa shape index (κ3) is 2.40. The Morgan fingerprint density at radius 1 is 0.630 bits per heavy atom. The number of rotatable bonds is 4. The van der Waals surface area contributed by atoms with Gasteiger partial charge in [0, 0.05) is 23.0 Å². The molecule has 2 aliphatic rings. The molecule has 0 aliphatic heterocycles. The fourth-order valence-corrected chi connectivity index (χ4v) is 4.15. The van der Waals surface area contributed by atoms with Gasteiger partial charge < -0.3 is 18.9 Å². The maximum atomic E-state index is 13.2. The molecule has 0 N–H and O–H groups in total. The summed E-state index contributed by atoms with van der Waals surface area (Å²) in [7, 11) is 6.12. The van der Waals surface area contributed by atoms with E-state index in [-0.39, 0.29) is 11.6 Å². The molecule has 4 rings (SSSR count). The van der Waals surface area contributed by atoms with E-state index in [1.807, 2.05) is 0 Å². The second-order valence-corrected chi connectivity index (χ2v) is 6.66. The molecule has 2 unspecified atom stereocenters. The molecule has 2 aromatic rings. The molecule has 27 heavy (non-hydrogen) atoms. The zero-order chi connectivity index (χ0) is 19.3. The molecule has 0 fully saturated rings. The van der Waals surface area contributed by atoms with Crippen molar-refractivity contribution in [3.63, 3.8) is 0 Å². The zero-order valence-electron chi connectivity index (χ0n) is 15.6. The molecule has 140 valence electrons. The summed E-state index contributed by atoms with van der Waals surface area (Å²) in [6.45, 7) is 0. The maximum absolute atomic E-state index is 13.2. The minimum atomic E-state index is -0.395. The molecule has 0 heterocycles. The van der Waals surface area contributed by atoms with Crippen molar-refractivity contribution in [2.45, 2.75) is 18.3 Å². The molecule has 2 aliphatic carbocycles. The first kappa shape index (κ1) is 17.4. The Kier molecular flexibility index (Phi) is 4.06. The first-order valence-corrected chi connectivity index (χ1v) is 8.64. The van der Waals surface area contributed by atoms with Crippen molar-refractivity contribution in [3.8, 4) is 23.0 Å². The van der Waals surface area contributed by atoms with Crippen LogP contribution < -0.4 is 18.9 Å². The number of hydrogen-bond acceptors (Lipinski definition) is 6. The molecule has 2 atom stereocenters. The second kappa shape index (κ2) is 6.30. The highest BCUT2D eigenvalue weighted by Crippen LogP contribution is 2.51. The number of hydrogen-bond donors (Lipinski definition) is 0. The molecule has 0 amide bonds. The minimum Gasteiger partial charge on any atom is -0.493 e. The fourth-order valence-electron chi connectivity index (χ4n) is 4.15. The average molecular weight is 368 g/mol. The van der Waals surface area contributed by atoms with E-state index in [1.165, 1.54) is 28.4 Å². The van der Waals surface area contributed by atoms with Gasteiger partial charge in [0.05, 0.1) is 28.4 Å². The Morgan fingerprint density at radius 3 is 1.30 bits per heavy atom. The number of Topliss-reactive ketones (excluding diaryl/α,β-unsaturated/α-hetero) is 2. The van der Waals surface area contributed by atoms with E-state index < -0.39 is 11.8 Å². The summed E-state index contributed by atoms with van der Waals surface area (Å²) in [5.41, 5.74) is 2.42. The van der Waals surface area contributed by atoms with Crippen molar-refractivity contribution in [2.24, 2.45) is 0 Å². The van der Waals surface area contributed by atoms with Gasteiger partial charge in [0.1, 0.15) is 0 Å². The highest BCUT2D eigenvalue weighted by Gasteiger charge is 2.45. The Labute approximate surface area is 157 Å². The number of benzene rings is 2. The molecular formula is C21H20O6. The summed E-state index contributed by atoms with van der Waals surface area (Å²) in [4.78, 5) is 26.5. The van der Waals surface area contributed by atoms with Crippen LogP contribution in [0.15, 0.2) is 24.3 Å². The first-order valence-electron chi connectivity index (χ1n) is 8.64. The minimum absolute atomic E-state index is 0.0248. The number of ketones is 2. The molecule has 0 saturated heterocycles. The van der Waals surface area contributed by atoms with Crippen molar-refractivity contribution in [1.29, 1.82) is 0 Å². The topological polar surface area (TPSA) is 71.1 Å². The van der Waals surface area contributed by atoms with Crippen LogP contribution in [0, 0.1) is 0 Å². The number of carbonyl (C=O) groups excluding carboxylic acids is 2. The lowest BCUT2D eigenvalue weighted by atomic mass is 9.65. The normalized spacial score (nSPS) is 19.9. The van der Waals surface area contributed by atoms with E-state index in [4.69, 9.17) is 18.9 Å². The second-order valence-electron chi connectivity index (χ2n) is 6.66. The largest absolute Gasteiger partial charge is 0.493 e. The Hall–Kier alpha value is -3.02. The quantitative estimate of drug-likeness (QED) is 0.824. The molecular weight excluding hydrogens is 348 g/mol. The van der Waals surface area contributed by atoms with Gasteiger partial charge in [-0.3, -0.25) is 9.59 Å². The van der Waals surface area contributed by atoms with Crippen LogP contribution in [0.1, 0.15) is 50.1 Å². The highest BCUT2D eigenvalue weighted by molar-refractivity contribution is 6.14. The summed E-state index contributed by atoms with van der Waals surface area (Å²) in [5, 5.41) is 0. The van der Waals surface area contributed by atoms with Crippen LogP contribution in [0.4, 0.5) is 0 Å². The molecule has 0 aromatic heterocycles. The maximum Gasteiger partial charge on any atom is 0.170 e. The van der Waals surface area contributed by atoms with Crippen molar-refractivity contribution in [1.82, 2.24) is 0 Å². The van der Waals surface area contributed by atoms with Crippen LogP contribution in [-0.4, -0.2) is 40.0 Å². The Morgan fingerprint density at radius 2 is 0.963 bits per heavy atom. The lowest BCUT2D eigenvalue weighted by Gasteiger charge is -2.36. The molecule has 6 heteroatoms. The van der Waals surface area contributed by atoms with Gasteiger partial charge in [0.15, 0.2) is 34.6 Å². The van der Waals surface area contributed by atoms with Gasteiger partial charge in [-0.1, -0.05) is 0 Å². The summed E-state index contributed by atoms with van der Waals surface area (Å²) < 4.78 is 21.4. The van der Waals surface area contributed by atoms with E-state index in [0.29, 0.717) is 51.7 Å². The highest BCUT2D eigenvalue weighted by atomic mass is 16.5. The summed E-state index contributed by atoms with van der Waals surface area (Å²) >= 11 is 0. The van der Waals surface area contributed by atoms with Crippen molar-refractivity contribution in [3.05, 3.63) is 46.5 Å². The van der Waals surface area contributed by atoms with Crippen LogP contribution >= 0.6 is 0 Å². The number of carbonyl (C=O) groups is 2. The fraction of sp³-hybridized carbons (Fsp3) is 0.333. The molecule has 0 radical (unpaired) electrons. The van der Waals surface area contributed by atoms with Crippen LogP contribution in [0.5, 0.6) is 23.0 Å². The number of methoxy groups -OCH3 is 4. The zero-order valence-corrected chi connectivity index (χ0v) is 15.6. The molecule has 2 aromatic carbocycles. The monoisotopic (exact) mass is 368 g/mol. The smallest absolute Gasteiger partial charge is 0.170 e. The standard InChI is InChI=1S/C21H20O6/c1-24-16-6-10-12-5-13(21(23)14(10)8-18(16)26-3)11-7-17(25-2)19(27-4)9-15(11)20(12)22/h6-9,12-13H,5H2,1-4H3. The van der Waals surface area contributed by atoms with Gasteiger partial charge in [0.25, 0.3) is 0 Å². The molecule has 0 spiro atoms. The summed E-state index contributed by atoms with van der Waals surface area (Å²) in [5.74, 6) is 1.13. The first-order chi connectivity index (χ1) is 13.0. The van der Waals surface area contributed by atoms with Gasteiger partial charge in [-0.2, -0.15) is 0 Å². The van der Waals surface area contributed by atoms with E-state index in [2.05, 4.69) is 0 Å². The summed E-state index contributed by atoms with van der Waals surface area (Å²) in [6.07, 6.45) is 0.447. The Balaban J connectivity index is 1.93. The third-order valence-electron chi connectivity index (χ3n) is 5.50. The van der Waals surface area contributed by atoms with Gasteiger partial charge in [-0.05, 0) is 41.8 Å². The van der Waals surface area contributed by atoms with Gasteiger partial charge in [-0.15, -0.1) is 0 Å². The van der Waals surface area contributed by atoms with E-state index in [0.717, 1.165) is 0 Å². The van der Waals surface area contributed by atoms with E-state index >= 15 is 0 Å². The van der Waals surface area contributed by atoms with Crippen LogP contribution in [0.3, 0.4) is 0 Å². The van der Waals surface area contributed by atoms with E-state index in [9.17, 15) is 9.59 Å². The predicted octanol–water partition coefficient (Wildman–Crippen LogP) is 3.37. The van der Waals surface area contributed by atoms with Crippen molar-refractivity contribution >= 4 is 11.6 Å². The SMILES string of the molecule is COc1cc2c(cc1OC)C1CC(C2=O)c2cc(OC)c(OC)cc2C1=O. The van der Waals surface area contributed by atoms with Crippen LogP contribution in [-0.2, 0) is 0 Å². The van der Waals surface area contributed by atoms with Crippen LogP contribution in [0.2, 0.25) is 0 Å². The third-order valence-corrected chi connectivity index (χ3v) is 5.50. The average Bonchev–Trinajstić information content (AvgIpc) is 2.71. The van der Waals surface area contributed by atoms with Crippen LogP contribution in [0.25, 0.3) is 0 Å². The molecule has 0 saturated carbocycles. The predicted molar refractivity (Wildman–Crippen MR) is 97.9 cm³/mol. The Bertz CT molecular complexity index is 884. The lowest BCUT2D eigenvalue weighted by Crippen LogP contribution is -2.34. The summed E-state index contributed by atoms with van der Waals surface area (Å²) in [6, 6.07) is 6.84. The van der Waals surface area contributed by atoms with Crippen molar-refractivity contribution < 1.29 is 28.5 Å². The number of fused-ring (bicyclic) bond motifs is 6. The van der Waals surface area contributed by atoms with Gasteiger partial charge in [-0.25, -0.2) is 0 Å². The van der Waals surface area contributed by atoms with Gasteiger partial charge >= 0.3 is 0 Å². The van der Waals surface area contributed by atoms with Gasteiger partial charge in [0.2, 0.25) is 0 Å². The van der Waals surface area contributed by atoms with Crippen molar-refractivity contribution in [2.75, 3.05) is 28.4 Å². The number of ether oxygens (including phenoxy) is 4. The lowest BCUT2D eigenvalue weighted by molar-refractivity contribution is 0.0874. The molecule has 6 nitrogen and oxygen atoms in total.